The number of primary amides is 1. The van der Waals surface area contributed by atoms with Crippen molar-refractivity contribution in [1.29, 1.82) is 0 Å². The van der Waals surface area contributed by atoms with Crippen LogP contribution in [-0.2, 0) is 4.79 Å². The lowest BCUT2D eigenvalue weighted by Gasteiger charge is -2.60. The van der Waals surface area contributed by atoms with Gasteiger partial charge < -0.3 is 16.2 Å². The van der Waals surface area contributed by atoms with Crippen LogP contribution < -0.4 is 11.1 Å². The third-order valence-electron chi connectivity index (χ3n) is 5.68. The lowest BCUT2D eigenvalue weighted by Crippen LogP contribution is -2.56. The molecule has 0 spiro atoms. The highest BCUT2D eigenvalue weighted by molar-refractivity contribution is 7.17. The van der Waals surface area contributed by atoms with Crippen molar-refractivity contribution >= 4 is 28.3 Å². The van der Waals surface area contributed by atoms with E-state index < -0.39 is 11.5 Å². The zero-order valence-corrected chi connectivity index (χ0v) is 13.7. The van der Waals surface area contributed by atoms with Gasteiger partial charge in [0.05, 0.1) is 11.8 Å². The fourth-order valence-electron chi connectivity index (χ4n) is 5.56. The van der Waals surface area contributed by atoms with E-state index in [1.807, 2.05) is 0 Å². The van der Waals surface area contributed by atoms with Crippen LogP contribution in [0.3, 0.4) is 0 Å². The normalized spacial score (nSPS) is 37.8. The maximum absolute atomic E-state index is 12.4. The van der Waals surface area contributed by atoms with Crippen molar-refractivity contribution in [3.63, 3.8) is 0 Å². The molecule has 4 N–H and O–H groups in total. The van der Waals surface area contributed by atoms with Crippen molar-refractivity contribution in [1.82, 2.24) is 4.98 Å². The summed E-state index contributed by atoms with van der Waals surface area (Å²) in [4.78, 5) is 27.9. The highest BCUT2D eigenvalue weighted by atomic mass is 32.1. The van der Waals surface area contributed by atoms with Crippen molar-refractivity contribution in [3.8, 4) is 0 Å². The third-order valence-corrected chi connectivity index (χ3v) is 6.61. The highest BCUT2D eigenvalue weighted by Crippen LogP contribution is 2.62. The van der Waals surface area contributed by atoms with Crippen molar-refractivity contribution in [3.05, 3.63) is 11.1 Å². The molecule has 2 amide bonds. The molecule has 0 aromatic carbocycles. The summed E-state index contributed by atoms with van der Waals surface area (Å²) in [5.74, 6) is 0.512. The smallest absolute Gasteiger partial charge is 0.260 e. The van der Waals surface area contributed by atoms with Gasteiger partial charge in [-0.25, -0.2) is 4.98 Å². The van der Waals surface area contributed by atoms with Gasteiger partial charge in [-0.3, -0.25) is 9.59 Å². The van der Waals surface area contributed by atoms with Gasteiger partial charge in [0, 0.05) is 6.42 Å². The molecule has 4 fully saturated rings. The Bertz CT molecular complexity index is 657. The number of nitrogens with one attached hydrogen (secondary N) is 1. The van der Waals surface area contributed by atoms with E-state index in [2.05, 4.69) is 10.3 Å². The molecule has 4 aliphatic rings. The summed E-state index contributed by atoms with van der Waals surface area (Å²) in [6.07, 6.45) is 7.66. The molecule has 2 atom stereocenters. The Morgan fingerprint density at radius 3 is 2.61 bits per heavy atom. The topological polar surface area (TPSA) is 105 Å². The van der Waals surface area contributed by atoms with Gasteiger partial charge in [-0.05, 0) is 55.8 Å². The largest absolute Gasteiger partial charge is 0.390 e. The Labute approximate surface area is 138 Å². The van der Waals surface area contributed by atoms with Crippen LogP contribution in [-0.4, -0.2) is 27.5 Å². The number of carbonyl (C=O) groups is 2. The minimum absolute atomic E-state index is 0.0628. The quantitative estimate of drug-likeness (QED) is 0.781. The maximum Gasteiger partial charge on any atom is 0.260 e. The number of anilines is 1. The molecule has 6 nitrogen and oxygen atoms in total. The van der Waals surface area contributed by atoms with Crippen molar-refractivity contribution < 1.29 is 14.7 Å². The van der Waals surface area contributed by atoms with Gasteiger partial charge in [-0.2, -0.15) is 0 Å². The van der Waals surface area contributed by atoms with Crippen molar-refractivity contribution in [2.75, 3.05) is 5.32 Å². The second-order valence-corrected chi connectivity index (χ2v) is 8.83. The first-order chi connectivity index (χ1) is 10.8. The number of amides is 2. The molecular formula is C16H21N3O3S. The second-order valence-electron chi connectivity index (χ2n) is 7.80. The van der Waals surface area contributed by atoms with E-state index in [1.54, 1.807) is 0 Å². The average molecular weight is 335 g/mol. The maximum atomic E-state index is 12.4. The summed E-state index contributed by atoms with van der Waals surface area (Å²) in [6, 6.07) is 0. The zero-order chi connectivity index (χ0) is 16.2. The minimum Gasteiger partial charge on any atom is -0.390 e. The van der Waals surface area contributed by atoms with Crippen molar-refractivity contribution in [2.45, 2.75) is 50.5 Å². The minimum atomic E-state index is -0.551. The number of carbonyl (C=O) groups excluding carboxylic acids is 2. The van der Waals surface area contributed by atoms with Gasteiger partial charge in [-0.15, -0.1) is 0 Å². The first-order valence-corrected chi connectivity index (χ1v) is 8.94. The molecule has 124 valence electrons. The molecule has 4 bridgehead atoms. The first-order valence-electron chi connectivity index (χ1n) is 8.13. The summed E-state index contributed by atoms with van der Waals surface area (Å²) in [6.45, 7) is 0. The molecule has 1 aromatic rings. The third kappa shape index (κ3) is 2.76. The average Bonchev–Trinajstić information content (AvgIpc) is 2.83. The fourth-order valence-corrected chi connectivity index (χ4v) is 6.24. The van der Waals surface area contributed by atoms with Crippen LogP contribution in [0.4, 0.5) is 5.13 Å². The van der Waals surface area contributed by atoms with Crippen LogP contribution in [0, 0.1) is 17.3 Å². The number of hydrogen-bond donors (Lipinski definition) is 3. The predicted octanol–water partition coefficient (Wildman–Crippen LogP) is 1.90. The van der Waals surface area contributed by atoms with E-state index >= 15 is 0 Å². The van der Waals surface area contributed by atoms with Crippen LogP contribution >= 0.6 is 11.3 Å². The van der Waals surface area contributed by atoms with Crippen LogP contribution in [0.1, 0.15) is 54.6 Å². The Balaban J connectivity index is 1.45. The molecular weight excluding hydrogens is 314 g/mol. The number of thiazole rings is 1. The molecule has 1 aromatic heterocycles. The highest BCUT2D eigenvalue weighted by Gasteiger charge is 2.57. The zero-order valence-electron chi connectivity index (χ0n) is 12.9. The Kier molecular flexibility index (Phi) is 3.29. The Morgan fingerprint density at radius 2 is 2.04 bits per heavy atom. The molecule has 5 rings (SSSR count). The standard InChI is InChI=1S/C16H21N3O3S/c17-13(21)11-7-18-14(23-11)19-12(20)6-15-2-9-1-10(3-15)5-16(22,4-9)8-15/h7,9-10,22H,1-6,8H2,(H2,17,21)(H,18,19,20). The lowest BCUT2D eigenvalue weighted by atomic mass is 9.47. The summed E-state index contributed by atoms with van der Waals surface area (Å²) in [7, 11) is 0. The van der Waals surface area contributed by atoms with E-state index in [9.17, 15) is 14.7 Å². The number of nitrogens with zero attached hydrogens (tertiary/aromatic N) is 1. The molecule has 1 heterocycles. The second kappa shape index (κ2) is 5.01. The number of nitrogens with two attached hydrogens (primary N) is 1. The molecule has 0 aliphatic heterocycles. The van der Waals surface area contributed by atoms with E-state index in [1.165, 1.54) is 12.6 Å². The molecule has 0 saturated heterocycles. The number of rotatable bonds is 4. The summed E-state index contributed by atoms with van der Waals surface area (Å²) in [5.41, 5.74) is 4.58. The summed E-state index contributed by atoms with van der Waals surface area (Å²) < 4.78 is 0. The molecule has 7 heteroatoms. The SMILES string of the molecule is NC(=O)c1cnc(NC(=O)CC23CC4CC(CC(O)(C4)C2)C3)s1. The number of aromatic nitrogens is 1. The van der Waals surface area contributed by atoms with Crippen LogP contribution in [0.25, 0.3) is 0 Å². The lowest BCUT2D eigenvalue weighted by molar-refractivity contribution is -0.167. The van der Waals surface area contributed by atoms with E-state index in [4.69, 9.17) is 5.73 Å². The van der Waals surface area contributed by atoms with E-state index in [0.717, 1.165) is 43.4 Å². The van der Waals surface area contributed by atoms with Gasteiger partial charge in [0.15, 0.2) is 5.13 Å². The van der Waals surface area contributed by atoms with E-state index in [-0.39, 0.29) is 11.3 Å². The van der Waals surface area contributed by atoms with Crippen LogP contribution in [0.2, 0.25) is 0 Å². The van der Waals surface area contributed by atoms with Gasteiger partial charge in [0.25, 0.3) is 5.91 Å². The molecule has 0 radical (unpaired) electrons. The Hall–Kier alpha value is -1.47. The number of aliphatic hydroxyl groups is 1. The Morgan fingerprint density at radius 1 is 1.35 bits per heavy atom. The summed E-state index contributed by atoms with van der Waals surface area (Å²) in [5, 5.41) is 13.9. The monoisotopic (exact) mass is 335 g/mol. The predicted molar refractivity (Wildman–Crippen MR) is 85.9 cm³/mol. The molecule has 2 unspecified atom stereocenters. The van der Waals surface area contributed by atoms with Gasteiger partial charge in [0.2, 0.25) is 5.91 Å². The van der Waals surface area contributed by atoms with Gasteiger partial charge in [-0.1, -0.05) is 11.3 Å². The summed E-state index contributed by atoms with van der Waals surface area (Å²) >= 11 is 1.09. The fraction of sp³-hybridized carbons (Fsp3) is 0.688. The van der Waals surface area contributed by atoms with Gasteiger partial charge in [0.1, 0.15) is 4.88 Å². The van der Waals surface area contributed by atoms with E-state index in [0.29, 0.717) is 28.3 Å². The van der Waals surface area contributed by atoms with Crippen LogP contribution in [0.15, 0.2) is 6.20 Å². The van der Waals surface area contributed by atoms with Crippen molar-refractivity contribution in [2.24, 2.45) is 23.0 Å². The number of hydrogen-bond acceptors (Lipinski definition) is 5. The van der Waals surface area contributed by atoms with Gasteiger partial charge >= 0.3 is 0 Å². The molecule has 4 saturated carbocycles. The first kappa shape index (κ1) is 15.1. The van der Waals surface area contributed by atoms with Crippen LogP contribution in [0.5, 0.6) is 0 Å². The molecule has 4 aliphatic carbocycles. The molecule has 23 heavy (non-hydrogen) atoms.